The van der Waals surface area contributed by atoms with E-state index in [0.717, 1.165) is 12.0 Å². The van der Waals surface area contributed by atoms with Crippen molar-refractivity contribution in [1.29, 1.82) is 0 Å². The van der Waals surface area contributed by atoms with Crippen LogP contribution >= 0.6 is 23.8 Å². The van der Waals surface area contributed by atoms with E-state index in [-0.39, 0.29) is 6.10 Å². The van der Waals surface area contributed by atoms with E-state index in [0.29, 0.717) is 15.8 Å². The number of thiocarbonyl (C=S) groups is 1. The molecule has 0 aliphatic heterocycles. The first-order chi connectivity index (χ1) is 9.04. The van der Waals surface area contributed by atoms with Gasteiger partial charge >= 0.3 is 0 Å². The van der Waals surface area contributed by atoms with E-state index in [1.54, 1.807) is 12.1 Å². The highest BCUT2D eigenvalue weighted by Gasteiger charge is 2.11. The van der Waals surface area contributed by atoms with Gasteiger partial charge in [0.1, 0.15) is 10.7 Å². The molecular formula is C15H22ClNOS. The molecule has 106 valence electrons. The van der Waals surface area contributed by atoms with Crippen molar-refractivity contribution in [3.63, 3.8) is 0 Å². The molecule has 0 aliphatic carbocycles. The zero-order valence-corrected chi connectivity index (χ0v) is 13.2. The van der Waals surface area contributed by atoms with Crippen LogP contribution in [-0.2, 0) is 0 Å². The summed E-state index contributed by atoms with van der Waals surface area (Å²) in [7, 11) is 0. The predicted octanol–water partition coefficient (Wildman–Crippen LogP) is 4.71. The first-order valence-corrected chi connectivity index (χ1v) is 7.59. The van der Waals surface area contributed by atoms with E-state index in [1.807, 2.05) is 6.07 Å². The molecule has 0 amide bonds. The minimum Gasteiger partial charge on any atom is -0.490 e. The smallest absolute Gasteiger partial charge is 0.131 e. The molecule has 0 saturated carbocycles. The summed E-state index contributed by atoms with van der Waals surface area (Å²) < 4.78 is 5.92. The topological polar surface area (TPSA) is 35.2 Å². The number of halogens is 1. The SMILES string of the molecule is CCCCCCC(C)Oc1cc(Cl)ccc1C(N)=S. The highest BCUT2D eigenvalue weighted by molar-refractivity contribution is 7.80. The summed E-state index contributed by atoms with van der Waals surface area (Å²) in [4.78, 5) is 0.338. The van der Waals surface area contributed by atoms with Crippen LogP contribution in [-0.4, -0.2) is 11.1 Å². The fourth-order valence-corrected chi connectivity index (χ4v) is 2.26. The van der Waals surface area contributed by atoms with Gasteiger partial charge in [-0.2, -0.15) is 0 Å². The predicted molar refractivity (Wildman–Crippen MR) is 86.2 cm³/mol. The molecule has 2 N–H and O–H groups in total. The summed E-state index contributed by atoms with van der Waals surface area (Å²) in [5.74, 6) is 0.683. The molecule has 0 saturated heterocycles. The summed E-state index contributed by atoms with van der Waals surface area (Å²) in [6, 6.07) is 5.36. The Labute approximate surface area is 126 Å². The van der Waals surface area contributed by atoms with Crippen molar-refractivity contribution >= 4 is 28.8 Å². The summed E-state index contributed by atoms with van der Waals surface area (Å²) in [5, 5.41) is 0.633. The van der Waals surface area contributed by atoms with Crippen LogP contribution in [0.5, 0.6) is 5.75 Å². The van der Waals surface area contributed by atoms with Crippen LogP contribution in [0, 0.1) is 0 Å². The Morgan fingerprint density at radius 2 is 2.11 bits per heavy atom. The van der Waals surface area contributed by atoms with Gasteiger partial charge in [0.15, 0.2) is 0 Å². The summed E-state index contributed by atoms with van der Waals surface area (Å²) in [6.07, 6.45) is 6.13. The first-order valence-electron chi connectivity index (χ1n) is 6.80. The lowest BCUT2D eigenvalue weighted by Gasteiger charge is -2.17. The van der Waals surface area contributed by atoms with Crippen LogP contribution < -0.4 is 10.5 Å². The second kappa shape index (κ2) is 8.39. The van der Waals surface area contributed by atoms with Crippen LogP contribution in [0.4, 0.5) is 0 Å². The van der Waals surface area contributed by atoms with Crippen LogP contribution in [0.2, 0.25) is 5.02 Å². The third-order valence-corrected chi connectivity index (χ3v) is 3.46. The van der Waals surface area contributed by atoms with Crippen LogP contribution in [0.1, 0.15) is 51.5 Å². The molecule has 4 heteroatoms. The molecule has 0 bridgehead atoms. The average molecular weight is 300 g/mol. The Balaban J connectivity index is 2.60. The quantitative estimate of drug-likeness (QED) is 0.557. The minimum atomic E-state index is 0.142. The zero-order chi connectivity index (χ0) is 14.3. The highest BCUT2D eigenvalue weighted by atomic mass is 35.5. The van der Waals surface area contributed by atoms with Crippen molar-refractivity contribution in [2.75, 3.05) is 0 Å². The molecule has 1 atom stereocenters. The van der Waals surface area contributed by atoms with Gasteiger partial charge in [-0.25, -0.2) is 0 Å². The lowest BCUT2D eigenvalue weighted by molar-refractivity contribution is 0.206. The Bertz CT molecular complexity index is 423. The lowest BCUT2D eigenvalue weighted by atomic mass is 10.1. The van der Waals surface area contributed by atoms with Gasteiger partial charge in [-0.05, 0) is 38.0 Å². The van der Waals surface area contributed by atoms with Gasteiger partial charge in [0.25, 0.3) is 0 Å². The van der Waals surface area contributed by atoms with E-state index in [1.165, 1.54) is 25.7 Å². The maximum Gasteiger partial charge on any atom is 0.131 e. The fourth-order valence-electron chi connectivity index (χ4n) is 1.93. The van der Waals surface area contributed by atoms with Gasteiger partial charge in [0, 0.05) is 5.02 Å². The van der Waals surface area contributed by atoms with Crippen LogP contribution in [0.15, 0.2) is 18.2 Å². The molecule has 0 spiro atoms. The number of rotatable bonds is 8. The van der Waals surface area contributed by atoms with Gasteiger partial charge in [-0.15, -0.1) is 0 Å². The third-order valence-electron chi connectivity index (χ3n) is 3.00. The number of nitrogens with two attached hydrogens (primary N) is 1. The fraction of sp³-hybridized carbons (Fsp3) is 0.533. The number of benzene rings is 1. The number of unbranched alkanes of at least 4 members (excludes halogenated alkanes) is 3. The van der Waals surface area contributed by atoms with Crippen molar-refractivity contribution in [2.24, 2.45) is 5.73 Å². The molecule has 0 heterocycles. The van der Waals surface area contributed by atoms with Crippen molar-refractivity contribution in [2.45, 2.75) is 52.1 Å². The van der Waals surface area contributed by atoms with E-state index < -0.39 is 0 Å². The Morgan fingerprint density at radius 1 is 1.37 bits per heavy atom. The van der Waals surface area contributed by atoms with Crippen molar-refractivity contribution < 1.29 is 4.74 Å². The highest BCUT2D eigenvalue weighted by Crippen LogP contribution is 2.25. The second-order valence-electron chi connectivity index (χ2n) is 4.78. The Morgan fingerprint density at radius 3 is 2.74 bits per heavy atom. The van der Waals surface area contributed by atoms with Crippen LogP contribution in [0.3, 0.4) is 0 Å². The number of hydrogen-bond donors (Lipinski definition) is 1. The van der Waals surface area contributed by atoms with Gasteiger partial charge in [0.2, 0.25) is 0 Å². The van der Waals surface area contributed by atoms with Crippen molar-refractivity contribution in [1.82, 2.24) is 0 Å². The lowest BCUT2D eigenvalue weighted by Crippen LogP contribution is -2.16. The third kappa shape index (κ3) is 5.79. The summed E-state index contributed by atoms with van der Waals surface area (Å²) in [5.41, 5.74) is 6.44. The van der Waals surface area contributed by atoms with Gasteiger partial charge < -0.3 is 10.5 Å². The van der Waals surface area contributed by atoms with Crippen LogP contribution in [0.25, 0.3) is 0 Å². The Hall–Kier alpha value is -0.800. The molecule has 2 nitrogen and oxygen atoms in total. The van der Waals surface area contributed by atoms with E-state index in [2.05, 4.69) is 13.8 Å². The zero-order valence-electron chi connectivity index (χ0n) is 11.6. The van der Waals surface area contributed by atoms with Gasteiger partial charge in [-0.3, -0.25) is 0 Å². The average Bonchev–Trinajstić information content (AvgIpc) is 2.34. The molecule has 1 aromatic rings. The van der Waals surface area contributed by atoms with E-state index >= 15 is 0 Å². The van der Waals surface area contributed by atoms with Crippen molar-refractivity contribution in [3.05, 3.63) is 28.8 Å². The maximum atomic E-state index is 5.99. The molecular weight excluding hydrogens is 278 g/mol. The van der Waals surface area contributed by atoms with E-state index in [4.69, 9.17) is 34.3 Å². The minimum absolute atomic E-state index is 0.142. The molecule has 1 rings (SSSR count). The van der Waals surface area contributed by atoms with Gasteiger partial charge in [-0.1, -0.05) is 50.0 Å². The molecule has 1 unspecified atom stereocenters. The standard InChI is InChI=1S/C15H22ClNOS/c1-3-4-5-6-7-11(2)18-14-10-12(16)8-9-13(14)15(17)19/h8-11H,3-7H2,1-2H3,(H2,17,19). The molecule has 0 aliphatic rings. The van der Waals surface area contributed by atoms with Gasteiger partial charge in [0.05, 0.1) is 11.7 Å². The maximum absolute atomic E-state index is 5.99. The molecule has 0 fully saturated rings. The van der Waals surface area contributed by atoms with E-state index in [9.17, 15) is 0 Å². The summed E-state index contributed by atoms with van der Waals surface area (Å²) in [6.45, 7) is 4.27. The normalized spacial score (nSPS) is 12.2. The Kier molecular flexibility index (Phi) is 7.17. The molecule has 1 aromatic carbocycles. The monoisotopic (exact) mass is 299 g/mol. The van der Waals surface area contributed by atoms with Crippen molar-refractivity contribution in [3.8, 4) is 5.75 Å². The number of ether oxygens (including phenoxy) is 1. The first kappa shape index (κ1) is 16.3. The molecule has 19 heavy (non-hydrogen) atoms. The molecule has 0 aromatic heterocycles. The molecule has 0 radical (unpaired) electrons. The summed E-state index contributed by atoms with van der Waals surface area (Å²) >= 11 is 11.0. The largest absolute Gasteiger partial charge is 0.490 e. The number of hydrogen-bond acceptors (Lipinski definition) is 2. The second-order valence-corrected chi connectivity index (χ2v) is 5.66.